The molecular weight excluding hydrogens is 282 g/mol. The number of carbonyl (C=O) groups is 1. The van der Waals surface area contributed by atoms with Gasteiger partial charge >= 0.3 is 0 Å². The van der Waals surface area contributed by atoms with E-state index >= 15 is 0 Å². The molecule has 2 aromatic rings. The third kappa shape index (κ3) is 3.42. The second-order valence-corrected chi connectivity index (χ2v) is 5.08. The van der Waals surface area contributed by atoms with E-state index in [1.807, 2.05) is 6.92 Å². The lowest BCUT2D eigenvalue weighted by Gasteiger charge is -2.07. The molecule has 0 heterocycles. The molecule has 0 aliphatic heterocycles. The van der Waals surface area contributed by atoms with Crippen molar-refractivity contribution in [3.8, 4) is 0 Å². The molecule has 0 aliphatic carbocycles. The van der Waals surface area contributed by atoms with Crippen molar-refractivity contribution in [3.63, 3.8) is 0 Å². The van der Waals surface area contributed by atoms with Crippen LogP contribution in [0.15, 0.2) is 36.4 Å². The summed E-state index contributed by atoms with van der Waals surface area (Å²) in [5.74, 6) is -1.13. The molecule has 1 nitrogen and oxygen atoms in total. The average molecular weight is 295 g/mol. The van der Waals surface area contributed by atoms with Gasteiger partial charge in [-0.2, -0.15) is 0 Å². The molecule has 0 bridgehead atoms. The number of aryl methyl sites for hydroxylation is 1. The minimum atomic E-state index is -0.571. The molecule has 0 saturated carbocycles. The van der Waals surface area contributed by atoms with Gasteiger partial charge in [0.15, 0.2) is 0 Å². The van der Waals surface area contributed by atoms with E-state index in [0.717, 1.165) is 5.56 Å². The Morgan fingerprint density at radius 1 is 1.10 bits per heavy atom. The van der Waals surface area contributed by atoms with Gasteiger partial charge in [0.1, 0.15) is 17.4 Å². The maximum atomic E-state index is 13.7. The van der Waals surface area contributed by atoms with Gasteiger partial charge in [0, 0.05) is 12.8 Å². The van der Waals surface area contributed by atoms with E-state index in [0.29, 0.717) is 5.56 Å². The summed E-state index contributed by atoms with van der Waals surface area (Å²) in [7, 11) is 0. The van der Waals surface area contributed by atoms with Crippen LogP contribution in [0, 0.1) is 18.6 Å². The van der Waals surface area contributed by atoms with Crippen LogP contribution in [0.5, 0.6) is 0 Å². The second-order valence-electron chi connectivity index (χ2n) is 4.68. The third-order valence-corrected chi connectivity index (χ3v) is 3.41. The first-order valence-electron chi connectivity index (χ1n) is 6.17. The number of hydrogen-bond acceptors (Lipinski definition) is 1. The van der Waals surface area contributed by atoms with Crippen molar-refractivity contribution < 1.29 is 13.6 Å². The van der Waals surface area contributed by atoms with E-state index < -0.39 is 5.82 Å². The summed E-state index contributed by atoms with van der Waals surface area (Å²) in [5.41, 5.74) is 1.72. The van der Waals surface area contributed by atoms with E-state index in [1.54, 1.807) is 12.1 Å². The Kier molecular flexibility index (Phi) is 4.50. The maximum Gasteiger partial charge on any atom is 0.145 e. The molecule has 0 fully saturated rings. The Balaban J connectivity index is 2.13. The molecule has 2 aromatic carbocycles. The van der Waals surface area contributed by atoms with E-state index in [-0.39, 0.29) is 35.0 Å². The number of ketones is 1. The summed E-state index contributed by atoms with van der Waals surface area (Å²) in [5, 5.41) is -0.00256. The van der Waals surface area contributed by atoms with Gasteiger partial charge < -0.3 is 0 Å². The van der Waals surface area contributed by atoms with Gasteiger partial charge in [0.2, 0.25) is 0 Å². The first-order valence-corrected chi connectivity index (χ1v) is 6.55. The largest absolute Gasteiger partial charge is 0.299 e. The molecule has 2 rings (SSSR count). The molecule has 0 saturated heterocycles. The van der Waals surface area contributed by atoms with Crippen molar-refractivity contribution in [3.05, 3.63) is 69.7 Å². The standard InChI is InChI=1S/C16H13ClF2O/c1-10-5-6-13(18)7-12(10)9-14(20)8-11-3-2-4-15(17)16(11)19/h2-7H,8-9H2,1H3. The zero-order valence-corrected chi connectivity index (χ0v) is 11.7. The van der Waals surface area contributed by atoms with Crippen LogP contribution in [0.1, 0.15) is 16.7 Å². The predicted octanol–water partition coefficient (Wildman–Crippen LogP) is 4.28. The summed E-state index contributed by atoms with van der Waals surface area (Å²) in [6.07, 6.45) is 0.0257. The van der Waals surface area contributed by atoms with Gasteiger partial charge in [0.05, 0.1) is 5.02 Å². The fourth-order valence-electron chi connectivity index (χ4n) is 2.00. The number of rotatable bonds is 4. The smallest absolute Gasteiger partial charge is 0.145 e. The SMILES string of the molecule is Cc1ccc(F)cc1CC(=O)Cc1cccc(Cl)c1F. The fourth-order valence-corrected chi connectivity index (χ4v) is 2.20. The van der Waals surface area contributed by atoms with E-state index in [9.17, 15) is 13.6 Å². The lowest BCUT2D eigenvalue weighted by atomic mass is 9.99. The lowest BCUT2D eigenvalue weighted by Crippen LogP contribution is -2.09. The van der Waals surface area contributed by atoms with Crippen LogP contribution in [0.25, 0.3) is 0 Å². The number of carbonyl (C=O) groups excluding carboxylic acids is 1. The molecule has 0 aliphatic rings. The van der Waals surface area contributed by atoms with Crippen LogP contribution in [0.3, 0.4) is 0 Å². The molecule has 0 aromatic heterocycles. The predicted molar refractivity (Wildman–Crippen MR) is 75.0 cm³/mol. The maximum absolute atomic E-state index is 13.7. The summed E-state index contributed by atoms with van der Waals surface area (Å²) in [6, 6.07) is 8.86. The van der Waals surface area contributed by atoms with Crippen LogP contribution in [0.2, 0.25) is 5.02 Å². The van der Waals surface area contributed by atoms with Crippen LogP contribution in [0.4, 0.5) is 8.78 Å². The summed E-state index contributed by atoms with van der Waals surface area (Å²) in [6.45, 7) is 1.81. The molecule has 104 valence electrons. The zero-order valence-electron chi connectivity index (χ0n) is 10.9. The Bertz CT molecular complexity index is 647. The topological polar surface area (TPSA) is 17.1 Å². The van der Waals surface area contributed by atoms with Gasteiger partial charge in [-0.25, -0.2) is 8.78 Å². The van der Waals surface area contributed by atoms with Crippen LogP contribution < -0.4 is 0 Å². The first-order chi connectivity index (χ1) is 9.47. The fraction of sp³-hybridized carbons (Fsp3) is 0.188. The van der Waals surface area contributed by atoms with E-state index in [4.69, 9.17) is 11.6 Å². The number of benzene rings is 2. The molecule has 4 heteroatoms. The van der Waals surface area contributed by atoms with Gasteiger partial charge in [-0.1, -0.05) is 29.8 Å². The summed E-state index contributed by atoms with van der Waals surface area (Å²) in [4.78, 5) is 12.0. The molecule has 0 amide bonds. The molecule has 0 unspecified atom stereocenters. The lowest BCUT2D eigenvalue weighted by molar-refractivity contribution is -0.117. The third-order valence-electron chi connectivity index (χ3n) is 3.12. The molecule has 0 atom stereocenters. The highest BCUT2D eigenvalue weighted by Crippen LogP contribution is 2.19. The van der Waals surface area contributed by atoms with Gasteiger partial charge in [-0.3, -0.25) is 4.79 Å². The minimum Gasteiger partial charge on any atom is -0.299 e. The normalized spacial score (nSPS) is 10.6. The highest BCUT2D eigenvalue weighted by atomic mass is 35.5. The van der Waals surface area contributed by atoms with Crippen molar-refractivity contribution in [2.45, 2.75) is 19.8 Å². The van der Waals surface area contributed by atoms with Crippen molar-refractivity contribution in [1.82, 2.24) is 0 Å². The van der Waals surface area contributed by atoms with Crippen molar-refractivity contribution in [2.24, 2.45) is 0 Å². The highest BCUT2D eigenvalue weighted by molar-refractivity contribution is 6.30. The quantitative estimate of drug-likeness (QED) is 0.822. The minimum absolute atomic E-state index is 0.00256. The monoisotopic (exact) mass is 294 g/mol. The zero-order chi connectivity index (χ0) is 14.7. The van der Waals surface area contributed by atoms with Crippen molar-refractivity contribution >= 4 is 17.4 Å². The van der Waals surface area contributed by atoms with E-state index in [1.165, 1.54) is 24.3 Å². The Morgan fingerprint density at radius 2 is 1.80 bits per heavy atom. The Hall–Kier alpha value is -1.74. The second kappa shape index (κ2) is 6.14. The number of halogens is 3. The molecule has 0 spiro atoms. The molecule has 20 heavy (non-hydrogen) atoms. The first kappa shape index (κ1) is 14.7. The average Bonchev–Trinajstić information content (AvgIpc) is 2.39. The van der Waals surface area contributed by atoms with Gasteiger partial charge in [-0.15, -0.1) is 0 Å². The van der Waals surface area contributed by atoms with Crippen LogP contribution >= 0.6 is 11.6 Å². The molecule has 0 radical (unpaired) electrons. The van der Waals surface area contributed by atoms with Gasteiger partial charge in [-0.05, 0) is 41.8 Å². The highest BCUT2D eigenvalue weighted by Gasteiger charge is 2.12. The number of hydrogen-bond donors (Lipinski definition) is 0. The Labute approximate surface area is 121 Å². The number of Topliss-reactive ketones (excluding diaryl/α,β-unsaturated/α-hetero) is 1. The van der Waals surface area contributed by atoms with Gasteiger partial charge in [0.25, 0.3) is 0 Å². The van der Waals surface area contributed by atoms with E-state index in [2.05, 4.69) is 0 Å². The van der Waals surface area contributed by atoms with Crippen molar-refractivity contribution in [2.75, 3.05) is 0 Å². The Morgan fingerprint density at radius 3 is 2.55 bits per heavy atom. The molecule has 0 N–H and O–H groups in total. The van der Waals surface area contributed by atoms with Crippen molar-refractivity contribution in [1.29, 1.82) is 0 Å². The van der Waals surface area contributed by atoms with Crippen LogP contribution in [-0.2, 0) is 17.6 Å². The summed E-state index contributed by atoms with van der Waals surface area (Å²) < 4.78 is 26.9. The summed E-state index contributed by atoms with van der Waals surface area (Å²) >= 11 is 5.67. The molecular formula is C16H13ClF2O. The van der Waals surface area contributed by atoms with Crippen LogP contribution in [-0.4, -0.2) is 5.78 Å².